The topological polar surface area (TPSA) is 27.7 Å². The summed E-state index contributed by atoms with van der Waals surface area (Å²) in [6, 6.07) is 0.774. The molecule has 3 nitrogen and oxygen atoms in total. The molecule has 0 saturated heterocycles. The molecule has 3 rings (SSSR count). The number of rotatable bonds is 8. The minimum absolute atomic E-state index is 0.356. The van der Waals surface area contributed by atoms with Crippen LogP contribution in [0.3, 0.4) is 0 Å². The summed E-state index contributed by atoms with van der Waals surface area (Å²) in [5, 5.41) is 0. The zero-order valence-electron chi connectivity index (χ0n) is 13.9. The van der Waals surface area contributed by atoms with E-state index < -0.39 is 8.80 Å². The molecule has 3 aliphatic rings. The van der Waals surface area contributed by atoms with Crippen LogP contribution in [0.1, 0.15) is 77.0 Å². The van der Waals surface area contributed by atoms with Gasteiger partial charge in [0.1, 0.15) is 0 Å². The Labute approximate surface area is 136 Å². The van der Waals surface area contributed by atoms with Crippen LogP contribution >= 0.6 is 0 Å². The van der Waals surface area contributed by atoms with Crippen LogP contribution in [0, 0.1) is 0 Å². The fraction of sp³-hybridized carbons (Fsp3) is 0.889. The molecule has 0 amide bonds. The van der Waals surface area contributed by atoms with Gasteiger partial charge in [0.2, 0.25) is 0 Å². The molecule has 0 aromatic rings. The first kappa shape index (κ1) is 16.7. The van der Waals surface area contributed by atoms with Crippen molar-refractivity contribution in [2.75, 3.05) is 0 Å². The predicted molar refractivity (Wildman–Crippen MR) is 90.8 cm³/mol. The normalized spacial score (nSPS) is 25.3. The lowest BCUT2D eigenvalue weighted by molar-refractivity contribution is -0.0136. The van der Waals surface area contributed by atoms with Crippen LogP contribution in [0.5, 0.6) is 0 Å². The second-order valence-corrected chi connectivity index (χ2v) is 9.73. The van der Waals surface area contributed by atoms with E-state index in [1.54, 1.807) is 0 Å². The standard InChI is InChI=1S/C18H32O3Si/c1-2-15-22(19-16-9-3-4-10-16,20-17-11-5-6-12-17)21-18-13-7-8-14-18/h2,16-18H,1,3-15H2. The van der Waals surface area contributed by atoms with E-state index in [0.717, 1.165) is 6.04 Å². The summed E-state index contributed by atoms with van der Waals surface area (Å²) < 4.78 is 19.8. The van der Waals surface area contributed by atoms with Crippen molar-refractivity contribution in [3.63, 3.8) is 0 Å². The van der Waals surface area contributed by atoms with Crippen molar-refractivity contribution >= 4 is 8.80 Å². The quantitative estimate of drug-likeness (QED) is 0.465. The van der Waals surface area contributed by atoms with Crippen molar-refractivity contribution in [1.82, 2.24) is 0 Å². The maximum absolute atomic E-state index is 6.59. The van der Waals surface area contributed by atoms with Gasteiger partial charge in [0.25, 0.3) is 0 Å². The maximum Gasteiger partial charge on any atom is 0.505 e. The Morgan fingerprint density at radius 2 is 1.00 bits per heavy atom. The molecule has 3 fully saturated rings. The van der Waals surface area contributed by atoms with Crippen LogP contribution in [-0.4, -0.2) is 27.1 Å². The molecule has 0 radical (unpaired) electrons. The molecule has 0 heterocycles. The second-order valence-electron chi connectivity index (χ2n) is 7.25. The largest absolute Gasteiger partial charge is 0.505 e. The summed E-state index contributed by atoms with van der Waals surface area (Å²) in [6.07, 6.45) is 17.8. The Kier molecular flexibility index (Phi) is 6.14. The van der Waals surface area contributed by atoms with Crippen molar-refractivity contribution in [1.29, 1.82) is 0 Å². The van der Waals surface area contributed by atoms with Crippen LogP contribution in [-0.2, 0) is 13.3 Å². The third-order valence-electron chi connectivity index (χ3n) is 5.34. The summed E-state index contributed by atoms with van der Waals surface area (Å²) in [5.41, 5.74) is 0. The molecule has 0 unspecified atom stereocenters. The fourth-order valence-corrected chi connectivity index (χ4v) is 7.22. The molecular formula is C18H32O3Si. The highest BCUT2D eigenvalue weighted by molar-refractivity contribution is 6.61. The van der Waals surface area contributed by atoms with E-state index in [0.29, 0.717) is 18.3 Å². The highest BCUT2D eigenvalue weighted by Gasteiger charge is 2.47. The van der Waals surface area contributed by atoms with Crippen LogP contribution in [0.4, 0.5) is 0 Å². The zero-order chi connectivity index (χ0) is 15.3. The summed E-state index contributed by atoms with van der Waals surface area (Å²) in [5.74, 6) is 0. The average Bonchev–Trinajstić information content (AvgIpc) is 3.22. The maximum atomic E-state index is 6.59. The molecule has 0 bridgehead atoms. The lowest BCUT2D eigenvalue weighted by atomic mass is 10.3. The van der Waals surface area contributed by atoms with E-state index in [2.05, 4.69) is 6.58 Å². The first-order valence-electron chi connectivity index (χ1n) is 9.44. The Morgan fingerprint density at radius 3 is 1.27 bits per heavy atom. The molecule has 0 aromatic carbocycles. The smallest absolute Gasteiger partial charge is 0.370 e. The molecule has 3 saturated carbocycles. The van der Waals surface area contributed by atoms with Gasteiger partial charge in [-0.25, -0.2) is 0 Å². The van der Waals surface area contributed by atoms with Crippen molar-refractivity contribution in [3.05, 3.63) is 12.7 Å². The molecule has 3 aliphatic carbocycles. The lowest BCUT2D eigenvalue weighted by Gasteiger charge is -2.36. The fourth-order valence-electron chi connectivity index (χ4n) is 4.18. The third kappa shape index (κ3) is 4.44. The average molecular weight is 325 g/mol. The van der Waals surface area contributed by atoms with Gasteiger partial charge < -0.3 is 13.3 Å². The molecule has 0 N–H and O–H groups in total. The predicted octanol–water partition coefficient (Wildman–Crippen LogP) is 4.99. The Morgan fingerprint density at radius 1 is 0.682 bits per heavy atom. The van der Waals surface area contributed by atoms with E-state index in [1.807, 2.05) is 6.08 Å². The van der Waals surface area contributed by atoms with Crippen LogP contribution in [0.25, 0.3) is 0 Å². The van der Waals surface area contributed by atoms with Gasteiger partial charge >= 0.3 is 8.80 Å². The van der Waals surface area contributed by atoms with Gasteiger partial charge in [-0.15, -0.1) is 6.58 Å². The molecule has 22 heavy (non-hydrogen) atoms. The molecule has 126 valence electrons. The van der Waals surface area contributed by atoms with Crippen LogP contribution in [0.15, 0.2) is 12.7 Å². The summed E-state index contributed by atoms with van der Waals surface area (Å²) in [4.78, 5) is 0. The van der Waals surface area contributed by atoms with Crippen LogP contribution < -0.4 is 0 Å². The molecule has 0 aliphatic heterocycles. The molecule has 4 heteroatoms. The van der Waals surface area contributed by atoms with Gasteiger partial charge in [-0.2, -0.15) is 0 Å². The monoisotopic (exact) mass is 324 g/mol. The number of hydrogen-bond donors (Lipinski definition) is 0. The highest BCUT2D eigenvalue weighted by Crippen LogP contribution is 2.35. The molecule has 0 aromatic heterocycles. The van der Waals surface area contributed by atoms with E-state index >= 15 is 0 Å². The van der Waals surface area contributed by atoms with Gasteiger partial charge in [0, 0.05) is 24.4 Å². The van der Waals surface area contributed by atoms with Crippen LogP contribution in [0.2, 0.25) is 6.04 Å². The first-order valence-corrected chi connectivity index (χ1v) is 11.4. The van der Waals surface area contributed by atoms with Crippen molar-refractivity contribution in [2.24, 2.45) is 0 Å². The highest BCUT2D eigenvalue weighted by atomic mass is 28.4. The van der Waals surface area contributed by atoms with Crippen molar-refractivity contribution in [3.8, 4) is 0 Å². The Balaban J connectivity index is 1.70. The molecule has 0 spiro atoms. The first-order chi connectivity index (χ1) is 10.8. The summed E-state index contributed by atoms with van der Waals surface area (Å²) >= 11 is 0. The Hall–Kier alpha value is -0.163. The van der Waals surface area contributed by atoms with E-state index in [1.165, 1.54) is 77.0 Å². The Bertz CT molecular complexity index is 297. The van der Waals surface area contributed by atoms with Gasteiger partial charge in [0.15, 0.2) is 0 Å². The van der Waals surface area contributed by atoms with Gasteiger partial charge in [-0.1, -0.05) is 44.6 Å². The van der Waals surface area contributed by atoms with Gasteiger partial charge in [-0.3, -0.25) is 0 Å². The molecular weight excluding hydrogens is 292 g/mol. The van der Waals surface area contributed by atoms with Gasteiger partial charge in [-0.05, 0) is 38.5 Å². The second kappa shape index (κ2) is 8.09. The summed E-state index contributed by atoms with van der Waals surface area (Å²) in [7, 11) is -2.61. The summed E-state index contributed by atoms with van der Waals surface area (Å²) in [6.45, 7) is 3.96. The van der Waals surface area contributed by atoms with Crippen molar-refractivity contribution < 1.29 is 13.3 Å². The number of hydrogen-bond acceptors (Lipinski definition) is 3. The molecule has 0 atom stereocenters. The van der Waals surface area contributed by atoms with E-state index in [4.69, 9.17) is 13.3 Å². The minimum Gasteiger partial charge on any atom is -0.370 e. The van der Waals surface area contributed by atoms with E-state index in [-0.39, 0.29) is 0 Å². The lowest BCUT2D eigenvalue weighted by Crippen LogP contribution is -2.51. The van der Waals surface area contributed by atoms with E-state index in [9.17, 15) is 0 Å². The number of allylic oxidation sites excluding steroid dienone is 1. The minimum atomic E-state index is -2.61. The SMILES string of the molecule is C=CC[Si](OC1CCCC1)(OC1CCCC1)OC1CCCC1. The van der Waals surface area contributed by atoms with Crippen molar-refractivity contribution in [2.45, 2.75) is 101 Å². The zero-order valence-corrected chi connectivity index (χ0v) is 14.9. The van der Waals surface area contributed by atoms with Gasteiger partial charge in [0.05, 0.1) is 0 Å². The third-order valence-corrected chi connectivity index (χ3v) is 8.21.